The lowest BCUT2D eigenvalue weighted by Crippen LogP contribution is -2.24. The van der Waals surface area contributed by atoms with E-state index in [0.717, 1.165) is 11.5 Å². The minimum atomic E-state index is 0.0137. The number of anilines is 2. The summed E-state index contributed by atoms with van der Waals surface area (Å²) in [5, 5.41) is 0. The van der Waals surface area contributed by atoms with Gasteiger partial charge < -0.3 is 4.90 Å². The Kier molecular flexibility index (Phi) is 3.94. The van der Waals surface area contributed by atoms with Gasteiger partial charge in [0.15, 0.2) is 0 Å². The zero-order valence-corrected chi connectivity index (χ0v) is 10.9. The number of hydrogen-bond acceptors (Lipinski definition) is 2. The van der Waals surface area contributed by atoms with Crippen molar-refractivity contribution in [2.75, 3.05) is 4.90 Å². The van der Waals surface area contributed by atoms with Crippen molar-refractivity contribution in [3.05, 3.63) is 67.4 Å². The molecular weight excluding hydrogens is 276 g/mol. The van der Waals surface area contributed by atoms with Crippen LogP contribution in [0.2, 0.25) is 0 Å². The number of pyridine rings is 1. The molecule has 0 saturated carbocycles. The van der Waals surface area contributed by atoms with E-state index in [1.54, 1.807) is 6.20 Å². The molecule has 1 unspecified atom stereocenters. The van der Waals surface area contributed by atoms with Gasteiger partial charge in [-0.1, -0.05) is 46.3 Å². The first kappa shape index (κ1) is 11.9. The zero-order valence-electron chi connectivity index (χ0n) is 9.33. The summed E-state index contributed by atoms with van der Waals surface area (Å²) in [6, 6.07) is 16.0. The van der Waals surface area contributed by atoms with Crippen LogP contribution in [0.1, 0.15) is 0 Å². The van der Waals surface area contributed by atoms with Crippen LogP contribution in [0.3, 0.4) is 0 Å². The fourth-order valence-corrected chi connectivity index (χ4v) is 2.04. The smallest absolute Gasteiger partial charge is 0.134 e. The Morgan fingerprint density at radius 3 is 2.41 bits per heavy atom. The second-order valence-electron chi connectivity index (χ2n) is 3.50. The molecule has 2 nitrogen and oxygen atoms in total. The van der Waals surface area contributed by atoms with E-state index in [-0.39, 0.29) is 4.95 Å². The van der Waals surface area contributed by atoms with Crippen LogP contribution in [0.5, 0.6) is 0 Å². The van der Waals surface area contributed by atoms with E-state index in [9.17, 15) is 0 Å². The van der Waals surface area contributed by atoms with Gasteiger partial charge in [-0.2, -0.15) is 0 Å². The quantitative estimate of drug-likeness (QED) is 0.478. The Bertz CT molecular complexity index is 431. The highest BCUT2D eigenvalue weighted by atomic mass is 79.9. The molecule has 0 aliphatic carbocycles. The van der Waals surface area contributed by atoms with Crippen molar-refractivity contribution >= 4 is 27.4 Å². The topological polar surface area (TPSA) is 16.1 Å². The van der Waals surface area contributed by atoms with Crippen molar-refractivity contribution in [3.63, 3.8) is 0 Å². The van der Waals surface area contributed by atoms with Gasteiger partial charge in [0.1, 0.15) is 10.8 Å². The van der Waals surface area contributed by atoms with Crippen LogP contribution >= 0.6 is 15.9 Å². The van der Waals surface area contributed by atoms with E-state index in [2.05, 4.69) is 32.4 Å². The number of hydrogen-bond donors (Lipinski definition) is 0. The molecule has 2 rings (SSSR count). The van der Waals surface area contributed by atoms with Crippen molar-refractivity contribution in [1.29, 1.82) is 0 Å². The summed E-state index contributed by atoms with van der Waals surface area (Å²) in [6.45, 7) is 3.82. The Morgan fingerprint density at radius 2 is 1.82 bits per heavy atom. The maximum absolute atomic E-state index is 4.37. The number of benzene rings is 1. The van der Waals surface area contributed by atoms with Crippen LogP contribution in [-0.2, 0) is 0 Å². The van der Waals surface area contributed by atoms with Crippen LogP contribution in [0.25, 0.3) is 0 Å². The maximum atomic E-state index is 4.37. The molecule has 1 aromatic carbocycles. The number of para-hydroxylation sites is 1. The van der Waals surface area contributed by atoms with E-state index < -0.39 is 0 Å². The Balaban J connectivity index is 2.43. The average molecular weight is 289 g/mol. The SMILES string of the molecule is C=CC(Br)N(c1ccccc1)c1ccccn1. The average Bonchev–Trinajstić information content (AvgIpc) is 2.41. The van der Waals surface area contributed by atoms with Crippen molar-refractivity contribution < 1.29 is 0 Å². The van der Waals surface area contributed by atoms with Crippen LogP contribution in [0.15, 0.2) is 67.4 Å². The molecule has 0 fully saturated rings. The van der Waals surface area contributed by atoms with Gasteiger partial charge in [0.2, 0.25) is 0 Å². The molecule has 17 heavy (non-hydrogen) atoms. The van der Waals surface area contributed by atoms with Gasteiger partial charge in [-0.25, -0.2) is 4.98 Å². The predicted octanol–water partition coefficient (Wildman–Crippen LogP) is 4.13. The number of aromatic nitrogens is 1. The van der Waals surface area contributed by atoms with Gasteiger partial charge >= 0.3 is 0 Å². The fourth-order valence-electron chi connectivity index (χ4n) is 1.59. The molecule has 0 saturated heterocycles. The monoisotopic (exact) mass is 288 g/mol. The van der Waals surface area contributed by atoms with Gasteiger partial charge in [-0.15, -0.1) is 6.58 Å². The lowest BCUT2D eigenvalue weighted by atomic mass is 10.2. The van der Waals surface area contributed by atoms with Crippen molar-refractivity contribution in [3.8, 4) is 0 Å². The second-order valence-corrected chi connectivity index (χ2v) is 4.44. The standard InChI is InChI=1S/C14H13BrN2/c1-2-13(15)17(12-8-4-3-5-9-12)14-10-6-7-11-16-14/h2-11,13H,1H2. The molecule has 0 amide bonds. The highest BCUT2D eigenvalue weighted by molar-refractivity contribution is 9.09. The lowest BCUT2D eigenvalue weighted by molar-refractivity contribution is 1.01. The molecule has 86 valence electrons. The van der Waals surface area contributed by atoms with E-state index in [1.807, 2.05) is 54.6 Å². The summed E-state index contributed by atoms with van der Waals surface area (Å²) in [7, 11) is 0. The maximum Gasteiger partial charge on any atom is 0.134 e. The summed E-state index contributed by atoms with van der Waals surface area (Å²) in [6.07, 6.45) is 3.62. The molecule has 0 bridgehead atoms. The molecule has 3 heteroatoms. The predicted molar refractivity (Wildman–Crippen MR) is 75.7 cm³/mol. The van der Waals surface area contributed by atoms with Crippen LogP contribution in [-0.4, -0.2) is 9.94 Å². The van der Waals surface area contributed by atoms with Gasteiger partial charge in [-0.3, -0.25) is 0 Å². The third-order valence-corrected chi connectivity index (χ3v) is 3.15. The van der Waals surface area contributed by atoms with Gasteiger partial charge in [0, 0.05) is 11.9 Å². The Hall–Kier alpha value is -1.61. The van der Waals surface area contributed by atoms with Crippen molar-refractivity contribution in [2.45, 2.75) is 4.95 Å². The van der Waals surface area contributed by atoms with Gasteiger partial charge in [0.25, 0.3) is 0 Å². The van der Waals surface area contributed by atoms with Crippen LogP contribution in [0.4, 0.5) is 11.5 Å². The molecule has 0 aliphatic heterocycles. The minimum Gasteiger partial charge on any atom is -0.310 e. The number of nitrogens with zero attached hydrogens (tertiary/aromatic N) is 2. The first-order valence-corrected chi connectivity index (χ1v) is 6.26. The molecule has 0 N–H and O–H groups in total. The highest BCUT2D eigenvalue weighted by Gasteiger charge is 2.15. The van der Waals surface area contributed by atoms with E-state index >= 15 is 0 Å². The summed E-state index contributed by atoms with van der Waals surface area (Å²) in [4.78, 5) is 6.46. The van der Waals surface area contributed by atoms with Crippen molar-refractivity contribution in [2.24, 2.45) is 0 Å². The molecule has 1 atom stereocenters. The second kappa shape index (κ2) is 5.64. The number of alkyl halides is 1. The zero-order chi connectivity index (χ0) is 12.1. The van der Waals surface area contributed by atoms with Gasteiger partial charge in [-0.05, 0) is 24.3 Å². The molecule has 2 aromatic rings. The third kappa shape index (κ3) is 2.74. The molecule has 1 aromatic heterocycles. The largest absolute Gasteiger partial charge is 0.310 e. The van der Waals surface area contributed by atoms with Crippen LogP contribution in [0, 0.1) is 0 Å². The number of rotatable bonds is 4. The van der Waals surface area contributed by atoms with E-state index in [1.165, 1.54) is 0 Å². The summed E-state index contributed by atoms with van der Waals surface area (Å²) in [5.41, 5.74) is 1.08. The summed E-state index contributed by atoms with van der Waals surface area (Å²) >= 11 is 3.58. The fraction of sp³-hybridized carbons (Fsp3) is 0.0714. The minimum absolute atomic E-state index is 0.0137. The van der Waals surface area contributed by atoms with E-state index in [4.69, 9.17) is 0 Å². The third-order valence-electron chi connectivity index (χ3n) is 2.37. The van der Waals surface area contributed by atoms with Crippen molar-refractivity contribution in [1.82, 2.24) is 4.98 Å². The molecule has 1 heterocycles. The van der Waals surface area contributed by atoms with E-state index in [0.29, 0.717) is 0 Å². The van der Waals surface area contributed by atoms with Gasteiger partial charge in [0.05, 0.1) is 0 Å². The Labute approximate surface area is 110 Å². The first-order chi connectivity index (χ1) is 8.33. The molecule has 0 aliphatic rings. The molecular formula is C14H13BrN2. The summed E-state index contributed by atoms with van der Waals surface area (Å²) < 4.78 is 0. The molecule has 0 radical (unpaired) electrons. The molecule has 0 spiro atoms. The Morgan fingerprint density at radius 1 is 1.12 bits per heavy atom. The number of halogens is 1. The first-order valence-electron chi connectivity index (χ1n) is 5.35. The van der Waals surface area contributed by atoms with Crippen LogP contribution < -0.4 is 4.90 Å². The lowest BCUT2D eigenvalue weighted by Gasteiger charge is -2.26. The summed E-state index contributed by atoms with van der Waals surface area (Å²) in [5.74, 6) is 0.889. The highest BCUT2D eigenvalue weighted by Crippen LogP contribution is 2.28. The normalized spacial score (nSPS) is 11.8.